The topological polar surface area (TPSA) is 43.1 Å². The summed E-state index contributed by atoms with van der Waals surface area (Å²) < 4.78 is 25.0. The molecule has 3 nitrogen and oxygen atoms in total. The van der Waals surface area contributed by atoms with Crippen LogP contribution < -0.4 is 0 Å². The van der Waals surface area contributed by atoms with Crippen LogP contribution in [0.1, 0.15) is 17.6 Å². The molecule has 0 bridgehead atoms. The van der Waals surface area contributed by atoms with Crippen molar-refractivity contribution in [3.05, 3.63) is 37.8 Å². The Morgan fingerprint density at radius 3 is 2.43 bits per heavy atom. The summed E-state index contributed by atoms with van der Waals surface area (Å²) in [4.78, 5) is 9.76. The summed E-state index contributed by atoms with van der Waals surface area (Å²) >= 11 is 2.87. The van der Waals surface area contributed by atoms with Crippen LogP contribution >= 0.6 is 15.9 Å². The monoisotopic (exact) mass is 265 g/mol. The van der Waals surface area contributed by atoms with Crippen molar-refractivity contribution < 1.29 is 13.7 Å². The van der Waals surface area contributed by atoms with Crippen LogP contribution in [0.25, 0.3) is 0 Å². The van der Waals surface area contributed by atoms with E-state index in [4.69, 9.17) is 0 Å². The normalized spacial score (nSPS) is 10.6. The Hall–Kier alpha value is -1.04. The maximum absolute atomic E-state index is 12.5. The molecule has 0 aliphatic rings. The van der Waals surface area contributed by atoms with Crippen LogP contribution in [0.4, 0.5) is 14.5 Å². The molecule has 0 heterocycles. The summed E-state index contributed by atoms with van der Waals surface area (Å²) in [5.74, 6) is 0. The number of alkyl halides is 2. The second-order valence-corrected chi connectivity index (χ2v) is 3.54. The molecule has 0 fully saturated rings. The molecule has 0 saturated heterocycles. The molecule has 0 amide bonds. The van der Waals surface area contributed by atoms with Crippen molar-refractivity contribution in [2.24, 2.45) is 0 Å². The summed E-state index contributed by atoms with van der Waals surface area (Å²) in [6.45, 7) is 1.43. The maximum atomic E-state index is 12.5. The highest BCUT2D eigenvalue weighted by Gasteiger charge is 2.26. The van der Waals surface area contributed by atoms with Gasteiger partial charge < -0.3 is 0 Å². The van der Waals surface area contributed by atoms with E-state index in [1.54, 1.807) is 0 Å². The molecule has 0 radical (unpaired) electrons. The van der Waals surface area contributed by atoms with Gasteiger partial charge in [-0.3, -0.25) is 10.1 Å². The van der Waals surface area contributed by atoms with Crippen LogP contribution in [0.3, 0.4) is 0 Å². The van der Waals surface area contributed by atoms with E-state index in [0.717, 1.165) is 0 Å². The van der Waals surface area contributed by atoms with E-state index in [-0.39, 0.29) is 10.0 Å². The van der Waals surface area contributed by atoms with Gasteiger partial charge in [-0.15, -0.1) is 0 Å². The third-order valence-electron chi connectivity index (χ3n) is 1.77. The zero-order chi connectivity index (χ0) is 10.9. The van der Waals surface area contributed by atoms with Crippen molar-refractivity contribution in [2.75, 3.05) is 0 Å². The molecule has 14 heavy (non-hydrogen) atoms. The van der Waals surface area contributed by atoms with Crippen LogP contribution in [0.2, 0.25) is 0 Å². The highest BCUT2D eigenvalue weighted by molar-refractivity contribution is 9.10. The van der Waals surface area contributed by atoms with Gasteiger partial charge in [0.1, 0.15) is 5.56 Å². The molecule has 0 aliphatic carbocycles. The lowest BCUT2D eigenvalue weighted by atomic mass is 10.1. The number of aryl methyl sites for hydroxylation is 1. The fraction of sp³-hybridized carbons (Fsp3) is 0.250. The predicted molar refractivity (Wildman–Crippen MR) is 50.5 cm³/mol. The second kappa shape index (κ2) is 4.00. The van der Waals surface area contributed by atoms with Gasteiger partial charge in [-0.1, -0.05) is 22.0 Å². The number of nitrogens with zero attached hydrogens (tertiary/aromatic N) is 1. The zero-order valence-corrected chi connectivity index (χ0v) is 8.72. The number of nitro benzene ring substituents is 1. The van der Waals surface area contributed by atoms with Gasteiger partial charge in [0.2, 0.25) is 0 Å². The number of rotatable bonds is 2. The molecule has 0 spiro atoms. The molecule has 1 aromatic carbocycles. The Bertz CT molecular complexity index is 382. The molecule has 0 N–H and O–H groups in total. The Labute approximate surface area is 87.0 Å². The maximum Gasteiger partial charge on any atom is 0.282 e. The largest absolute Gasteiger partial charge is 0.282 e. The number of benzene rings is 1. The molecular formula is C8H6BrF2NO2. The van der Waals surface area contributed by atoms with Crippen LogP contribution in [0.15, 0.2) is 16.6 Å². The molecule has 0 aliphatic heterocycles. The predicted octanol–water partition coefficient (Wildman–Crippen LogP) is 3.60. The minimum atomic E-state index is -2.86. The van der Waals surface area contributed by atoms with E-state index < -0.39 is 22.6 Å². The van der Waals surface area contributed by atoms with E-state index in [0.29, 0.717) is 0 Å². The minimum Gasteiger partial charge on any atom is -0.258 e. The Morgan fingerprint density at radius 1 is 1.50 bits per heavy atom. The van der Waals surface area contributed by atoms with Crippen molar-refractivity contribution >= 4 is 21.6 Å². The van der Waals surface area contributed by atoms with Gasteiger partial charge >= 0.3 is 0 Å². The lowest BCUT2D eigenvalue weighted by molar-refractivity contribution is -0.386. The fourth-order valence-electron chi connectivity index (χ4n) is 1.14. The molecule has 1 rings (SSSR count). The second-order valence-electron chi connectivity index (χ2n) is 2.68. The molecule has 0 unspecified atom stereocenters. The van der Waals surface area contributed by atoms with Gasteiger partial charge in [-0.2, -0.15) is 0 Å². The SMILES string of the molecule is Cc1ccc(Br)c(C(F)F)c1[N+](=O)[O-]. The average Bonchev–Trinajstić information content (AvgIpc) is 2.07. The van der Waals surface area contributed by atoms with Crippen LogP contribution in [-0.4, -0.2) is 4.92 Å². The van der Waals surface area contributed by atoms with Crippen LogP contribution in [-0.2, 0) is 0 Å². The van der Waals surface area contributed by atoms with Crippen molar-refractivity contribution in [3.8, 4) is 0 Å². The van der Waals surface area contributed by atoms with Gasteiger partial charge in [0.15, 0.2) is 0 Å². The first-order valence-corrected chi connectivity index (χ1v) is 4.46. The molecular weight excluding hydrogens is 260 g/mol. The van der Waals surface area contributed by atoms with Gasteiger partial charge in [0.05, 0.1) is 4.92 Å². The highest BCUT2D eigenvalue weighted by Crippen LogP contribution is 2.37. The lowest BCUT2D eigenvalue weighted by Gasteiger charge is -2.06. The molecule has 0 saturated carbocycles. The van der Waals surface area contributed by atoms with E-state index in [2.05, 4.69) is 15.9 Å². The van der Waals surface area contributed by atoms with Crippen LogP contribution in [0.5, 0.6) is 0 Å². The quantitative estimate of drug-likeness (QED) is 0.606. The standard InChI is InChI=1S/C8H6BrF2NO2/c1-4-2-3-5(9)6(8(10)11)7(4)12(13)14/h2-3,8H,1H3. The average molecular weight is 266 g/mol. The number of hydrogen-bond acceptors (Lipinski definition) is 2. The van der Waals surface area contributed by atoms with E-state index >= 15 is 0 Å². The van der Waals surface area contributed by atoms with Gasteiger partial charge in [-0.05, 0) is 13.0 Å². The number of hydrogen-bond donors (Lipinski definition) is 0. The summed E-state index contributed by atoms with van der Waals surface area (Å²) in [5.41, 5.74) is -0.849. The van der Waals surface area contributed by atoms with Crippen molar-refractivity contribution in [3.63, 3.8) is 0 Å². The minimum absolute atomic E-state index is 0.0600. The number of nitro groups is 1. The van der Waals surface area contributed by atoms with Crippen molar-refractivity contribution in [1.82, 2.24) is 0 Å². The Kier molecular flexibility index (Phi) is 3.15. The number of halogens is 3. The zero-order valence-electron chi connectivity index (χ0n) is 7.13. The lowest BCUT2D eigenvalue weighted by Crippen LogP contribution is -1.99. The van der Waals surface area contributed by atoms with E-state index in [1.165, 1.54) is 19.1 Å². The van der Waals surface area contributed by atoms with Crippen molar-refractivity contribution in [2.45, 2.75) is 13.3 Å². The molecule has 0 atom stereocenters. The first kappa shape index (κ1) is 11.0. The molecule has 0 aromatic heterocycles. The molecule has 76 valence electrons. The highest BCUT2D eigenvalue weighted by atomic mass is 79.9. The third kappa shape index (κ3) is 1.89. The summed E-state index contributed by atoms with van der Waals surface area (Å²) in [6, 6.07) is 2.80. The third-order valence-corrected chi connectivity index (χ3v) is 2.46. The summed E-state index contributed by atoms with van der Waals surface area (Å²) in [7, 11) is 0. The molecule has 1 aromatic rings. The van der Waals surface area contributed by atoms with E-state index in [9.17, 15) is 18.9 Å². The molecule has 6 heteroatoms. The van der Waals surface area contributed by atoms with E-state index in [1.807, 2.05) is 0 Å². The Morgan fingerprint density at radius 2 is 2.07 bits per heavy atom. The van der Waals surface area contributed by atoms with Gasteiger partial charge in [0.25, 0.3) is 12.1 Å². The first-order valence-electron chi connectivity index (χ1n) is 3.66. The Balaban J connectivity index is 3.50. The van der Waals surface area contributed by atoms with Crippen molar-refractivity contribution in [1.29, 1.82) is 0 Å². The van der Waals surface area contributed by atoms with Gasteiger partial charge in [-0.25, -0.2) is 8.78 Å². The smallest absolute Gasteiger partial charge is 0.258 e. The summed E-state index contributed by atoms with van der Waals surface area (Å²) in [6.07, 6.45) is -2.86. The van der Waals surface area contributed by atoms with Crippen LogP contribution in [0, 0.1) is 17.0 Å². The summed E-state index contributed by atoms with van der Waals surface area (Å²) in [5, 5.41) is 10.6. The first-order chi connectivity index (χ1) is 6.45. The van der Waals surface area contributed by atoms with Gasteiger partial charge in [0, 0.05) is 10.0 Å². The fourth-order valence-corrected chi connectivity index (χ4v) is 1.64.